The van der Waals surface area contributed by atoms with E-state index in [1.807, 2.05) is 36.5 Å². The maximum absolute atomic E-state index is 12.6. The Labute approximate surface area is 181 Å². The van der Waals surface area contributed by atoms with Gasteiger partial charge in [0, 0.05) is 29.2 Å². The summed E-state index contributed by atoms with van der Waals surface area (Å²) in [5, 5.41) is 4.64. The maximum Gasteiger partial charge on any atom is 0.394 e. The van der Waals surface area contributed by atoms with E-state index in [-0.39, 0.29) is 5.91 Å². The highest BCUT2D eigenvalue weighted by molar-refractivity contribution is 6.83. The van der Waals surface area contributed by atoms with Gasteiger partial charge in [-0.2, -0.15) is 0 Å². The molecule has 4 aromatic rings. The summed E-state index contributed by atoms with van der Waals surface area (Å²) in [6, 6.07) is 24.0. The van der Waals surface area contributed by atoms with E-state index in [9.17, 15) is 14.4 Å². The third-order valence-corrected chi connectivity index (χ3v) is 7.03. The molecule has 0 spiro atoms. The lowest BCUT2D eigenvalue weighted by molar-refractivity contribution is 0.0954. The number of nitrogens with one attached hydrogen (secondary N) is 2. The molecule has 3 aromatic carbocycles. The fourth-order valence-electron chi connectivity index (χ4n) is 3.53. The van der Waals surface area contributed by atoms with E-state index >= 15 is 0 Å². The van der Waals surface area contributed by atoms with E-state index in [1.54, 1.807) is 48.5 Å². The second-order valence-electron chi connectivity index (χ2n) is 7.42. The number of carbonyl (C=O) groups is 1. The molecular formula is C25H24N2O3Si. The van der Waals surface area contributed by atoms with Crippen LogP contribution in [0.5, 0.6) is 0 Å². The smallest absolute Gasteiger partial charge is 0.394 e. The number of rotatable bonds is 7. The SMILES string of the molecule is O=C(NCCc1c[nH]c2ccccc12)c1cccc(/C=C/[Si](O)(O)c2ccccc2)c1. The van der Waals surface area contributed by atoms with Gasteiger partial charge in [-0.25, -0.2) is 0 Å². The fourth-order valence-corrected chi connectivity index (χ4v) is 4.83. The molecule has 1 heterocycles. The Bertz CT molecular complexity index is 1220. The zero-order valence-corrected chi connectivity index (χ0v) is 18.0. The van der Waals surface area contributed by atoms with Crippen LogP contribution < -0.4 is 10.5 Å². The molecule has 4 rings (SSSR count). The van der Waals surface area contributed by atoms with Gasteiger partial charge in [0.2, 0.25) is 0 Å². The van der Waals surface area contributed by atoms with E-state index in [0.29, 0.717) is 17.3 Å². The van der Waals surface area contributed by atoms with Gasteiger partial charge < -0.3 is 19.9 Å². The van der Waals surface area contributed by atoms with Gasteiger partial charge in [0.15, 0.2) is 0 Å². The number of para-hydroxylation sites is 1. The van der Waals surface area contributed by atoms with Gasteiger partial charge in [-0.1, -0.05) is 66.7 Å². The lowest BCUT2D eigenvalue weighted by atomic mass is 10.1. The maximum atomic E-state index is 12.6. The van der Waals surface area contributed by atoms with E-state index < -0.39 is 8.56 Å². The number of hydrogen-bond acceptors (Lipinski definition) is 3. The number of carbonyl (C=O) groups excluding carboxylic acids is 1. The third-order valence-electron chi connectivity index (χ3n) is 5.21. The van der Waals surface area contributed by atoms with E-state index in [4.69, 9.17) is 0 Å². The minimum atomic E-state index is -3.67. The van der Waals surface area contributed by atoms with Crippen LogP contribution in [0.1, 0.15) is 21.5 Å². The molecule has 0 atom stereocenters. The number of fused-ring (bicyclic) bond motifs is 1. The fraction of sp³-hybridized carbons (Fsp3) is 0.0800. The molecule has 0 saturated heterocycles. The molecule has 0 unspecified atom stereocenters. The zero-order chi connectivity index (χ0) is 21.7. The number of amides is 1. The van der Waals surface area contributed by atoms with E-state index in [1.165, 1.54) is 16.6 Å². The lowest BCUT2D eigenvalue weighted by Gasteiger charge is -2.13. The second kappa shape index (κ2) is 9.14. The largest absolute Gasteiger partial charge is 0.404 e. The highest BCUT2D eigenvalue weighted by Gasteiger charge is 2.28. The van der Waals surface area contributed by atoms with Crippen molar-refractivity contribution >= 4 is 36.6 Å². The quantitative estimate of drug-likeness (QED) is 0.341. The summed E-state index contributed by atoms with van der Waals surface area (Å²) in [4.78, 5) is 36.7. The minimum absolute atomic E-state index is 0.158. The molecule has 0 radical (unpaired) electrons. The Hall–Kier alpha value is -3.45. The van der Waals surface area contributed by atoms with Crippen molar-refractivity contribution in [2.24, 2.45) is 0 Å². The van der Waals surface area contributed by atoms with Crippen molar-refractivity contribution in [1.29, 1.82) is 0 Å². The summed E-state index contributed by atoms with van der Waals surface area (Å²) in [5.74, 6) is -0.158. The van der Waals surface area contributed by atoms with Crippen molar-refractivity contribution in [3.05, 3.63) is 107 Å². The highest BCUT2D eigenvalue weighted by atomic mass is 28.4. The molecule has 6 heteroatoms. The van der Waals surface area contributed by atoms with E-state index in [2.05, 4.69) is 16.4 Å². The first kappa shape index (κ1) is 20.8. The van der Waals surface area contributed by atoms with Crippen molar-refractivity contribution in [2.75, 3.05) is 6.54 Å². The van der Waals surface area contributed by atoms with Crippen LogP contribution in [0.15, 0.2) is 90.8 Å². The molecule has 0 aliphatic heterocycles. The van der Waals surface area contributed by atoms with Crippen LogP contribution in [0.2, 0.25) is 0 Å². The van der Waals surface area contributed by atoms with Crippen LogP contribution in [0.25, 0.3) is 17.0 Å². The van der Waals surface area contributed by atoms with Gasteiger partial charge in [-0.3, -0.25) is 4.79 Å². The van der Waals surface area contributed by atoms with Crippen molar-refractivity contribution in [1.82, 2.24) is 10.3 Å². The lowest BCUT2D eigenvalue weighted by Crippen LogP contribution is -2.46. The van der Waals surface area contributed by atoms with Gasteiger partial charge in [0.05, 0.1) is 0 Å². The molecule has 0 aliphatic rings. The second-order valence-corrected chi connectivity index (χ2v) is 9.78. The summed E-state index contributed by atoms with van der Waals surface area (Å²) in [6.45, 7) is 0.526. The molecule has 1 amide bonds. The first-order valence-corrected chi connectivity index (χ1v) is 12.1. The summed E-state index contributed by atoms with van der Waals surface area (Å²) in [6.07, 6.45) is 4.37. The topological polar surface area (TPSA) is 85.4 Å². The molecule has 31 heavy (non-hydrogen) atoms. The number of benzene rings is 3. The standard InChI is InChI=1S/C25H24N2O3Si/c28-25(26-15-13-21-18-27-24-12-5-4-11-23(21)24)20-8-6-7-19(17-20)14-16-31(29,30)22-9-2-1-3-10-22/h1-12,14,16-18,27,29-30H,13,15H2,(H,26,28)/b16-14+. The van der Waals surface area contributed by atoms with E-state index in [0.717, 1.165) is 17.5 Å². The monoisotopic (exact) mass is 428 g/mol. The summed E-state index contributed by atoms with van der Waals surface area (Å²) >= 11 is 0. The van der Waals surface area contributed by atoms with Crippen LogP contribution in [0.4, 0.5) is 0 Å². The van der Waals surface area contributed by atoms with Crippen molar-refractivity contribution < 1.29 is 14.4 Å². The first-order valence-electron chi connectivity index (χ1n) is 10.2. The Morgan fingerprint density at radius 2 is 1.74 bits per heavy atom. The average Bonchev–Trinajstić information content (AvgIpc) is 3.22. The Kier molecular flexibility index (Phi) is 6.13. The highest BCUT2D eigenvalue weighted by Crippen LogP contribution is 2.17. The summed E-state index contributed by atoms with van der Waals surface area (Å²) in [7, 11) is -3.67. The van der Waals surface area contributed by atoms with Gasteiger partial charge in [-0.15, -0.1) is 0 Å². The van der Waals surface area contributed by atoms with Gasteiger partial charge in [0.1, 0.15) is 0 Å². The summed E-state index contributed by atoms with van der Waals surface area (Å²) < 4.78 is 0. The molecular weight excluding hydrogens is 404 g/mol. The molecule has 0 saturated carbocycles. The predicted molar refractivity (Wildman–Crippen MR) is 126 cm³/mol. The molecule has 5 nitrogen and oxygen atoms in total. The first-order chi connectivity index (χ1) is 15.0. The molecule has 1 aromatic heterocycles. The number of hydrogen-bond donors (Lipinski definition) is 4. The molecule has 4 N–H and O–H groups in total. The number of aromatic nitrogens is 1. The van der Waals surface area contributed by atoms with Crippen LogP contribution in [-0.4, -0.2) is 35.6 Å². The molecule has 0 fully saturated rings. The van der Waals surface area contributed by atoms with Crippen LogP contribution in [0.3, 0.4) is 0 Å². The number of H-pyrrole nitrogens is 1. The number of aromatic amines is 1. The normalized spacial score (nSPS) is 11.8. The predicted octanol–water partition coefficient (Wildman–Crippen LogP) is 3.03. The Morgan fingerprint density at radius 1 is 0.968 bits per heavy atom. The van der Waals surface area contributed by atoms with Crippen LogP contribution in [-0.2, 0) is 6.42 Å². The molecule has 0 bridgehead atoms. The van der Waals surface area contributed by atoms with Crippen molar-refractivity contribution in [2.45, 2.75) is 6.42 Å². The zero-order valence-electron chi connectivity index (χ0n) is 17.0. The van der Waals surface area contributed by atoms with Crippen LogP contribution in [0, 0.1) is 0 Å². The Balaban J connectivity index is 1.39. The van der Waals surface area contributed by atoms with Gasteiger partial charge in [0.25, 0.3) is 5.91 Å². The van der Waals surface area contributed by atoms with Crippen LogP contribution >= 0.6 is 0 Å². The average molecular weight is 429 g/mol. The van der Waals surface area contributed by atoms with Crippen molar-refractivity contribution in [3.63, 3.8) is 0 Å². The Morgan fingerprint density at radius 3 is 2.58 bits per heavy atom. The van der Waals surface area contributed by atoms with Gasteiger partial charge in [-0.05, 0) is 46.6 Å². The minimum Gasteiger partial charge on any atom is -0.404 e. The molecule has 156 valence electrons. The molecule has 0 aliphatic carbocycles. The van der Waals surface area contributed by atoms with Gasteiger partial charge >= 0.3 is 8.56 Å². The van der Waals surface area contributed by atoms with Crippen molar-refractivity contribution in [3.8, 4) is 0 Å². The third kappa shape index (κ3) is 5.00. The summed E-state index contributed by atoms with van der Waals surface area (Å²) in [5.41, 5.74) is 4.96.